The highest BCUT2D eigenvalue weighted by atomic mass is 16.6. The second-order valence-corrected chi connectivity index (χ2v) is 15.6. The standard InChI is InChI=1S/C51H90O5/c1-4-7-10-13-16-19-21-23-24-25-26-27-29-31-34-37-40-43-46-54-47-49(56-51(53)45-42-39-36-32-18-15-12-9-6-3)48-55-50(52)44-41-38-35-33-30-28-22-20-17-14-11-8-5-2/h7,10-11,14,16,19-20,22-24,49H,4-6,8-9,12-13,15,17-18,21,25-48H2,1-3H3/b10-7-,14-11-,19-16-,22-20-,24-23-. The summed E-state index contributed by atoms with van der Waals surface area (Å²) in [6.07, 6.45) is 57.9. The Bertz CT molecular complexity index is 977. The predicted octanol–water partition coefficient (Wildman–Crippen LogP) is 15.8. The molecule has 0 aliphatic carbocycles. The first-order chi connectivity index (χ1) is 27.6. The van der Waals surface area contributed by atoms with E-state index >= 15 is 0 Å². The van der Waals surface area contributed by atoms with Crippen molar-refractivity contribution >= 4 is 11.9 Å². The number of rotatable bonds is 43. The van der Waals surface area contributed by atoms with Crippen LogP contribution in [0.5, 0.6) is 0 Å². The first-order valence-corrected chi connectivity index (χ1v) is 23.8. The van der Waals surface area contributed by atoms with E-state index in [1.165, 1.54) is 116 Å². The van der Waals surface area contributed by atoms with Gasteiger partial charge in [0.2, 0.25) is 0 Å². The Morgan fingerprint density at radius 3 is 1.36 bits per heavy atom. The van der Waals surface area contributed by atoms with Crippen molar-refractivity contribution in [3.05, 3.63) is 60.8 Å². The van der Waals surface area contributed by atoms with Gasteiger partial charge in [0.15, 0.2) is 6.10 Å². The summed E-state index contributed by atoms with van der Waals surface area (Å²) in [6.45, 7) is 7.62. The van der Waals surface area contributed by atoms with Gasteiger partial charge in [-0.15, -0.1) is 0 Å². The van der Waals surface area contributed by atoms with E-state index in [1.807, 2.05) is 0 Å². The van der Waals surface area contributed by atoms with Crippen molar-refractivity contribution in [2.24, 2.45) is 0 Å². The Hall–Kier alpha value is -2.40. The molecule has 0 aromatic carbocycles. The minimum absolute atomic E-state index is 0.0755. The molecule has 5 nitrogen and oxygen atoms in total. The second kappa shape index (κ2) is 47.0. The van der Waals surface area contributed by atoms with E-state index in [1.54, 1.807) is 0 Å². The van der Waals surface area contributed by atoms with E-state index < -0.39 is 6.10 Å². The number of carbonyl (C=O) groups excluding carboxylic acids is 2. The van der Waals surface area contributed by atoms with Gasteiger partial charge in [-0.3, -0.25) is 9.59 Å². The quantitative estimate of drug-likeness (QED) is 0.0350. The second-order valence-electron chi connectivity index (χ2n) is 15.6. The van der Waals surface area contributed by atoms with Crippen molar-refractivity contribution in [2.45, 2.75) is 232 Å². The third-order valence-corrected chi connectivity index (χ3v) is 10.0. The molecule has 0 amide bonds. The van der Waals surface area contributed by atoms with E-state index in [9.17, 15) is 9.59 Å². The summed E-state index contributed by atoms with van der Waals surface area (Å²) in [7, 11) is 0. The number of hydrogen-bond donors (Lipinski definition) is 0. The van der Waals surface area contributed by atoms with Crippen molar-refractivity contribution in [1.82, 2.24) is 0 Å². The molecule has 0 heterocycles. The minimum atomic E-state index is -0.542. The van der Waals surface area contributed by atoms with E-state index in [0.29, 0.717) is 19.4 Å². The van der Waals surface area contributed by atoms with Crippen molar-refractivity contribution in [2.75, 3.05) is 19.8 Å². The highest BCUT2D eigenvalue weighted by molar-refractivity contribution is 5.70. The summed E-state index contributed by atoms with van der Waals surface area (Å²) in [5.41, 5.74) is 0. The summed E-state index contributed by atoms with van der Waals surface area (Å²) in [6, 6.07) is 0. The number of esters is 2. The summed E-state index contributed by atoms with van der Waals surface area (Å²) in [5, 5.41) is 0. The average Bonchev–Trinajstić information content (AvgIpc) is 3.20. The normalized spacial score (nSPS) is 12.7. The van der Waals surface area contributed by atoms with Crippen LogP contribution in [0.3, 0.4) is 0 Å². The monoisotopic (exact) mass is 783 g/mol. The van der Waals surface area contributed by atoms with Crippen LogP contribution < -0.4 is 0 Å². The highest BCUT2D eigenvalue weighted by Gasteiger charge is 2.17. The van der Waals surface area contributed by atoms with E-state index in [0.717, 1.165) is 77.0 Å². The van der Waals surface area contributed by atoms with Crippen molar-refractivity contribution in [3.8, 4) is 0 Å². The Morgan fingerprint density at radius 1 is 0.411 bits per heavy atom. The number of unbranched alkanes of at least 4 members (excludes halogenated alkanes) is 22. The number of hydrogen-bond acceptors (Lipinski definition) is 5. The first-order valence-electron chi connectivity index (χ1n) is 23.8. The number of allylic oxidation sites excluding steroid dienone is 10. The molecule has 0 aliphatic heterocycles. The molecule has 0 fully saturated rings. The lowest BCUT2D eigenvalue weighted by Gasteiger charge is -2.18. The van der Waals surface area contributed by atoms with Crippen LogP contribution in [0.25, 0.3) is 0 Å². The Labute approximate surface area is 347 Å². The van der Waals surface area contributed by atoms with Crippen LogP contribution in [0.2, 0.25) is 0 Å². The van der Waals surface area contributed by atoms with Gasteiger partial charge in [-0.05, 0) is 77.0 Å². The fraction of sp³-hybridized carbons (Fsp3) is 0.765. The molecular weight excluding hydrogens is 693 g/mol. The minimum Gasteiger partial charge on any atom is -0.462 e. The van der Waals surface area contributed by atoms with Crippen LogP contribution in [0.4, 0.5) is 0 Å². The van der Waals surface area contributed by atoms with Crippen LogP contribution in [0.15, 0.2) is 60.8 Å². The maximum atomic E-state index is 12.7. The maximum Gasteiger partial charge on any atom is 0.306 e. The molecule has 1 atom stereocenters. The fourth-order valence-electron chi connectivity index (χ4n) is 6.50. The Morgan fingerprint density at radius 2 is 0.839 bits per heavy atom. The summed E-state index contributed by atoms with van der Waals surface area (Å²) >= 11 is 0. The number of carbonyl (C=O) groups is 2. The SMILES string of the molecule is CC/C=C\C/C=C\C/C=C\CCCCCCCCCCOCC(COC(=O)CCCCCCC/C=C\C/C=C\CCC)OC(=O)CCCCCCCCCCC. The van der Waals surface area contributed by atoms with Gasteiger partial charge in [-0.25, -0.2) is 0 Å². The lowest BCUT2D eigenvalue weighted by Crippen LogP contribution is -2.30. The van der Waals surface area contributed by atoms with Crippen molar-refractivity contribution < 1.29 is 23.8 Å². The predicted molar refractivity (Wildman–Crippen MR) is 242 cm³/mol. The topological polar surface area (TPSA) is 61.8 Å². The zero-order valence-electron chi connectivity index (χ0n) is 37.1. The number of ether oxygens (including phenoxy) is 3. The average molecular weight is 783 g/mol. The maximum absolute atomic E-state index is 12.7. The zero-order valence-corrected chi connectivity index (χ0v) is 37.1. The van der Waals surface area contributed by atoms with Gasteiger partial charge >= 0.3 is 11.9 Å². The molecule has 324 valence electrons. The highest BCUT2D eigenvalue weighted by Crippen LogP contribution is 2.14. The van der Waals surface area contributed by atoms with Crippen LogP contribution in [0.1, 0.15) is 226 Å². The molecule has 0 aliphatic rings. The van der Waals surface area contributed by atoms with Crippen LogP contribution in [-0.4, -0.2) is 37.9 Å². The molecule has 56 heavy (non-hydrogen) atoms. The Kier molecular flexibility index (Phi) is 45.0. The lowest BCUT2D eigenvalue weighted by atomic mass is 10.1. The third kappa shape index (κ3) is 44.3. The van der Waals surface area contributed by atoms with Gasteiger partial charge in [0.05, 0.1) is 6.61 Å². The molecule has 1 unspecified atom stereocenters. The fourth-order valence-corrected chi connectivity index (χ4v) is 6.50. The molecule has 0 saturated carbocycles. The summed E-state index contributed by atoms with van der Waals surface area (Å²) < 4.78 is 17.3. The van der Waals surface area contributed by atoms with Crippen LogP contribution >= 0.6 is 0 Å². The van der Waals surface area contributed by atoms with Gasteiger partial charge in [0.25, 0.3) is 0 Å². The van der Waals surface area contributed by atoms with Gasteiger partial charge in [0.1, 0.15) is 6.61 Å². The zero-order chi connectivity index (χ0) is 40.7. The first kappa shape index (κ1) is 53.6. The van der Waals surface area contributed by atoms with E-state index in [2.05, 4.69) is 81.5 Å². The van der Waals surface area contributed by atoms with Gasteiger partial charge in [-0.2, -0.15) is 0 Å². The molecule has 5 heteroatoms. The summed E-state index contributed by atoms with van der Waals surface area (Å²) in [5.74, 6) is -0.418. The molecular formula is C51H90O5. The third-order valence-electron chi connectivity index (χ3n) is 10.0. The van der Waals surface area contributed by atoms with Gasteiger partial charge in [0, 0.05) is 19.4 Å². The molecule has 0 N–H and O–H groups in total. The molecule has 0 bridgehead atoms. The largest absolute Gasteiger partial charge is 0.462 e. The van der Waals surface area contributed by atoms with Crippen molar-refractivity contribution in [3.63, 3.8) is 0 Å². The molecule has 0 radical (unpaired) electrons. The molecule has 0 saturated heterocycles. The smallest absolute Gasteiger partial charge is 0.306 e. The molecule has 0 rings (SSSR count). The van der Waals surface area contributed by atoms with Gasteiger partial charge < -0.3 is 14.2 Å². The molecule has 0 spiro atoms. The molecule has 0 aromatic heterocycles. The summed E-state index contributed by atoms with van der Waals surface area (Å²) in [4.78, 5) is 25.2. The van der Waals surface area contributed by atoms with E-state index in [4.69, 9.17) is 14.2 Å². The Balaban J connectivity index is 4.21. The van der Waals surface area contributed by atoms with E-state index in [-0.39, 0.29) is 25.2 Å². The van der Waals surface area contributed by atoms with Crippen molar-refractivity contribution in [1.29, 1.82) is 0 Å². The molecule has 0 aromatic rings. The van der Waals surface area contributed by atoms with Crippen LogP contribution in [0, 0.1) is 0 Å². The lowest BCUT2D eigenvalue weighted by molar-refractivity contribution is -0.163. The van der Waals surface area contributed by atoms with Crippen LogP contribution in [-0.2, 0) is 23.8 Å². The van der Waals surface area contributed by atoms with Gasteiger partial charge in [-0.1, -0.05) is 197 Å².